The van der Waals surface area contributed by atoms with Crippen molar-refractivity contribution in [3.63, 3.8) is 0 Å². The summed E-state index contributed by atoms with van der Waals surface area (Å²) >= 11 is 5.41. The fourth-order valence-electron chi connectivity index (χ4n) is 1.80. The van der Waals surface area contributed by atoms with E-state index in [2.05, 4.69) is 36.4 Å². The molecule has 0 saturated carbocycles. The molecule has 0 spiro atoms. The Labute approximate surface area is 93.7 Å². The lowest BCUT2D eigenvalue weighted by Gasteiger charge is -2.03. The molecule has 1 atom stereocenters. The van der Waals surface area contributed by atoms with Crippen LogP contribution in [0.2, 0.25) is 0 Å². The molecule has 1 aliphatic heterocycles. The van der Waals surface area contributed by atoms with Gasteiger partial charge in [0.25, 0.3) is 0 Å². The van der Waals surface area contributed by atoms with Crippen LogP contribution in [0.3, 0.4) is 0 Å². The van der Waals surface area contributed by atoms with Gasteiger partial charge >= 0.3 is 0 Å². The summed E-state index contributed by atoms with van der Waals surface area (Å²) in [6, 6.07) is 12.9. The lowest BCUT2D eigenvalue weighted by atomic mass is 10.1. The van der Waals surface area contributed by atoms with Crippen molar-refractivity contribution in [1.82, 2.24) is 0 Å². The van der Waals surface area contributed by atoms with Crippen LogP contribution in [0.5, 0.6) is 0 Å². The van der Waals surface area contributed by atoms with E-state index in [0.29, 0.717) is 0 Å². The van der Waals surface area contributed by atoms with Crippen LogP contribution in [0.4, 0.5) is 0 Å². The normalized spacial score (nSPS) is 19.9. The SMILES string of the molecule is S=S1SCc2c1ccc1ccccc21. The van der Waals surface area contributed by atoms with Crippen LogP contribution in [0.15, 0.2) is 41.3 Å². The molecule has 0 amide bonds. The Balaban J connectivity index is 2.44. The maximum absolute atomic E-state index is 5.41. The minimum Gasteiger partial charge on any atom is -0.0801 e. The first-order valence-corrected chi connectivity index (χ1v) is 8.07. The van der Waals surface area contributed by atoms with Crippen LogP contribution in [0, 0.1) is 0 Å². The molecule has 1 heterocycles. The standard InChI is InChI=1S/C11H8S3/c12-14-11-6-5-8-3-1-2-4-9(8)10(11)7-13-14/h1-6H,7H2. The lowest BCUT2D eigenvalue weighted by Crippen LogP contribution is -1.84. The summed E-state index contributed by atoms with van der Waals surface area (Å²) in [7, 11) is 1.88. The Morgan fingerprint density at radius 2 is 2.00 bits per heavy atom. The number of hydrogen-bond donors (Lipinski definition) is 0. The van der Waals surface area contributed by atoms with Crippen LogP contribution >= 0.6 is 10.8 Å². The van der Waals surface area contributed by atoms with Gasteiger partial charge in [0.05, 0.1) is 0 Å². The first-order chi connectivity index (χ1) is 6.86. The molecular weight excluding hydrogens is 228 g/mol. The second-order valence-electron chi connectivity index (χ2n) is 3.26. The van der Waals surface area contributed by atoms with Crippen molar-refractivity contribution in [2.45, 2.75) is 10.6 Å². The fraction of sp³-hybridized carbons (Fsp3) is 0.0909. The van der Waals surface area contributed by atoms with Crippen LogP contribution < -0.4 is 0 Å². The van der Waals surface area contributed by atoms with Crippen molar-refractivity contribution in [3.8, 4) is 0 Å². The molecule has 3 rings (SSSR count). The van der Waals surface area contributed by atoms with E-state index in [1.807, 2.05) is 10.8 Å². The van der Waals surface area contributed by atoms with Gasteiger partial charge in [-0.1, -0.05) is 41.1 Å². The predicted octanol–water partition coefficient (Wildman–Crippen LogP) is 3.44. The topological polar surface area (TPSA) is 0 Å². The zero-order chi connectivity index (χ0) is 9.54. The number of fused-ring (bicyclic) bond motifs is 3. The second kappa shape index (κ2) is 3.33. The van der Waals surface area contributed by atoms with Crippen molar-refractivity contribution in [3.05, 3.63) is 42.0 Å². The Morgan fingerprint density at radius 3 is 2.93 bits per heavy atom. The Bertz CT molecular complexity index is 531. The molecule has 0 N–H and O–H groups in total. The van der Waals surface area contributed by atoms with Crippen LogP contribution in [0.1, 0.15) is 5.56 Å². The number of hydrogen-bond acceptors (Lipinski definition) is 2. The van der Waals surface area contributed by atoms with Crippen LogP contribution in [-0.2, 0) is 25.4 Å². The number of benzene rings is 2. The van der Waals surface area contributed by atoms with Gasteiger partial charge < -0.3 is 0 Å². The molecule has 2 aromatic carbocycles. The average Bonchev–Trinajstić information content (AvgIpc) is 2.61. The summed E-state index contributed by atoms with van der Waals surface area (Å²) in [5.41, 5.74) is 1.46. The van der Waals surface area contributed by atoms with Gasteiger partial charge in [0.1, 0.15) is 0 Å². The maximum atomic E-state index is 5.41. The molecule has 0 saturated heterocycles. The molecule has 70 valence electrons. The van der Waals surface area contributed by atoms with Gasteiger partial charge in [0.2, 0.25) is 0 Å². The smallest absolute Gasteiger partial charge is 0.0312 e. The molecular formula is C11H8S3. The summed E-state index contributed by atoms with van der Waals surface area (Å²) in [6.07, 6.45) is 0. The van der Waals surface area contributed by atoms with Gasteiger partial charge in [-0.25, -0.2) is 0 Å². The summed E-state index contributed by atoms with van der Waals surface area (Å²) in [5, 5.41) is 2.72. The van der Waals surface area contributed by atoms with Crippen LogP contribution in [-0.4, -0.2) is 0 Å². The first kappa shape index (κ1) is 8.89. The molecule has 0 nitrogen and oxygen atoms in total. The highest BCUT2D eigenvalue weighted by atomic mass is 33.3. The third-order valence-corrected chi connectivity index (χ3v) is 6.79. The monoisotopic (exact) mass is 236 g/mol. The molecule has 0 aromatic heterocycles. The van der Waals surface area contributed by atoms with Gasteiger partial charge in [0.15, 0.2) is 0 Å². The van der Waals surface area contributed by atoms with Crippen molar-refractivity contribution >= 4 is 41.2 Å². The Kier molecular flexibility index (Phi) is 2.11. The molecule has 0 radical (unpaired) electrons. The third-order valence-electron chi connectivity index (χ3n) is 2.49. The van der Waals surface area contributed by atoms with E-state index < -0.39 is 0 Å². The molecule has 0 bridgehead atoms. The first-order valence-electron chi connectivity index (χ1n) is 4.42. The van der Waals surface area contributed by atoms with Crippen molar-refractivity contribution < 1.29 is 0 Å². The summed E-state index contributed by atoms with van der Waals surface area (Å²) in [5.74, 6) is 1.09. The van der Waals surface area contributed by atoms with Gasteiger partial charge in [-0.2, -0.15) is 0 Å². The van der Waals surface area contributed by atoms with Gasteiger partial charge in [-0.15, -0.1) is 0 Å². The van der Waals surface area contributed by atoms with E-state index in [-0.39, 0.29) is 8.49 Å². The van der Waals surface area contributed by atoms with Gasteiger partial charge in [0, 0.05) is 10.6 Å². The molecule has 0 fully saturated rings. The zero-order valence-electron chi connectivity index (χ0n) is 7.40. The maximum Gasteiger partial charge on any atom is 0.0312 e. The molecule has 1 unspecified atom stereocenters. The largest absolute Gasteiger partial charge is 0.0801 e. The third kappa shape index (κ3) is 1.23. The van der Waals surface area contributed by atoms with E-state index in [4.69, 9.17) is 11.2 Å². The van der Waals surface area contributed by atoms with E-state index in [0.717, 1.165) is 5.75 Å². The van der Waals surface area contributed by atoms with E-state index in [1.165, 1.54) is 21.2 Å². The molecule has 0 aliphatic carbocycles. The highest BCUT2D eigenvalue weighted by Gasteiger charge is 2.17. The zero-order valence-corrected chi connectivity index (χ0v) is 9.85. The molecule has 3 heteroatoms. The quantitative estimate of drug-likeness (QED) is 0.643. The highest BCUT2D eigenvalue weighted by Crippen LogP contribution is 2.38. The minimum atomic E-state index is -0.00381. The summed E-state index contributed by atoms with van der Waals surface area (Å²) < 4.78 is 0. The highest BCUT2D eigenvalue weighted by molar-refractivity contribution is 8.82. The van der Waals surface area contributed by atoms with E-state index in [1.54, 1.807) is 0 Å². The minimum absolute atomic E-state index is 0.00381. The lowest BCUT2D eigenvalue weighted by molar-refractivity contribution is 1.34. The van der Waals surface area contributed by atoms with Crippen LogP contribution in [0.25, 0.3) is 10.8 Å². The van der Waals surface area contributed by atoms with Crippen molar-refractivity contribution in [2.24, 2.45) is 0 Å². The van der Waals surface area contributed by atoms with E-state index in [9.17, 15) is 0 Å². The number of rotatable bonds is 0. The molecule has 1 aliphatic rings. The predicted molar refractivity (Wildman–Crippen MR) is 68.2 cm³/mol. The summed E-state index contributed by atoms with van der Waals surface area (Å²) in [4.78, 5) is 1.38. The second-order valence-corrected chi connectivity index (χ2v) is 8.03. The Morgan fingerprint density at radius 1 is 1.14 bits per heavy atom. The van der Waals surface area contributed by atoms with Gasteiger partial charge in [-0.05, 0) is 42.1 Å². The van der Waals surface area contributed by atoms with E-state index >= 15 is 0 Å². The van der Waals surface area contributed by atoms with Gasteiger partial charge in [-0.3, -0.25) is 0 Å². The Hall–Kier alpha value is -0.380. The van der Waals surface area contributed by atoms with Crippen molar-refractivity contribution in [2.75, 3.05) is 0 Å². The fourth-order valence-corrected chi connectivity index (χ4v) is 5.54. The molecule has 2 aromatic rings. The average molecular weight is 236 g/mol. The summed E-state index contributed by atoms with van der Waals surface area (Å²) in [6.45, 7) is 0. The van der Waals surface area contributed by atoms with Crippen molar-refractivity contribution in [1.29, 1.82) is 0 Å². The molecule has 14 heavy (non-hydrogen) atoms.